The van der Waals surface area contributed by atoms with Crippen LogP contribution in [0, 0.1) is 13.8 Å². The van der Waals surface area contributed by atoms with Crippen LogP contribution in [0.1, 0.15) is 22.5 Å². The third-order valence-electron chi connectivity index (χ3n) is 3.79. The molecule has 10 heteroatoms. The molecule has 1 amide bonds. The molecule has 0 spiro atoms. The van der Waals surface area contributed by atoms with Gasteiger partial charge in [0.1, 0.15) is 6.04 Å². The molecule has 1 unspecified atom stereocenters. The zero-order chi connectivity index (χ0) is 19.5. The molecule has 2 rings (SSSR count). The normalized spacial score (nSPS) is 12.4. The van der Waals surface area contributed by atoms with E-state index in [2.05, 4.69) is 10.4 Å². The van der Waals surface area contributed by atoms with Crippen molar-refractivity contribution >= 4 is 18.3 Å². The molecule has 0 saturated carbocycles. The predicted molar refractivity (Wildman–Crippen MR) is 97.0 cm³/mol. The van der Waals surface area contributed by atoms with Crippen LogP contribution < -0.4 is 11.1 Å². The van der Waals surface area contributed by atoms with Crippen molar-refractivity contribution in [1.29, 1.82) is 0 Å². The monoisotopic (exact) mass is 406 g/mol. The van der Waals surface area contributed by atoms with Crippen LogP contribution in [0.4, 0.5) is 13.2 Å². The molecule has 0 aliphatic carbocycles. The van der Waals surface area contributed by atoms with E-state index in [1.807, 2.05) is 0 Å². The van der Waals surface area contributed by atoms with Gasteiger partial charge in [-0.3, -0.25) is 4.79 Å². The van der Waals surface area contributed by atoms with Crippen LogP contribution in [-0.4, -0.2) is 35.4 Å². The number of aryl methyl sites for hydroxylation is 2. The fourth-order valence-corrected chi connectivity index (χ4v) is 2.57. The molecule has 0 aliphatic rings. The van der Waals surface area contributed by atoms with Gasteiger partial charge in [-0.2, -0.15) is 18.3 Å². The van der Waals surface area contributed by atoms with Crippen LogP contribution in [0.5, 0.6) is 0 Å². The Balaban J connectivity index is 0.00000364. The summed E-state index contributed by atoms with van der Waals surface area (Å²) >= 11 is 0. The fraction of sp³-hybridized carbons (Fsp3) is 0.412. The lowest BCUT2D eigenvalue weighted by atomic mass is 10.1. The molecule has 1 aromatic heterocycles. The number of hydrogen-bond acceptors (Lipinski definition) is 4. The number of rotatable bonds is 6. The summed E-state index contributed by atoms with van der Waals surface area (Å²) in [5.41, 5.74) is 6.41. The van der Waals surface area contributed by atoms with Gasteiger partial charge in [0.25, 0.3) is 0 Å². The van der Waals surface area contributed by atoms with E-state index < -0.39 is 23.7 Å². The highest BCUT2D eigenvalue weighted by molar-refractivity contribution is 5.85. The summed E-state index contributed by atoms with van der Waals surface area (Å²) in [4.78, 5) is 11.8. The Bertz CT molecular complexity index is 793. The molecule has 6 nitrogen and oxygen atoms in total. The highest BCUT2D eigenvalue weighted by Crippen LogP contribution is 2.33. The Hall–Kier alpha value is -2.10. The second kappa shape index (κ2) is 9.20. The number of nitrogens with zero attached hydrogens (tertiary/aromatic N) is 2. The quantitative estimate of drug-likeness (QED) is 0.772. The lowest BCUT2D eigenvalue weighted by molar-refractivity contribution is -0.138. The van der Waals surface area contributed by atoms with Gasteiger partial charge in [-0.25, -0.2) is 4.68 Å². The molecule has 1 aromatic carbocycles. The number of halogens is 4. The van der Waals surface area contributed by atoms with Gasteiger partial charge in [0.15, 0.2) is 0 Å². The van der Waals surface area contributed by atoms with Crippen LogP contribution in [0.15, 0.2) is 24.3 Å². The number of methoxy groups -OCH3 is 1. The highest BCUT2D eigenvalue weighted by Gasteiger charge is 2.34. The van der Waals surface area contributed by atoms with Crippen molar-refractivity contribution < 1.29 is 22.7 Å². The summed E-state index contributed by atoms with van der Waals surface area (Å²) in [6.45, 7) is 3.22. The molecular formula is C17H22ClF3N4O2. The van der Waals surface area contributed by atoms with E-state index in [1.165, 1.54) is 23.9 Å². The zero-order valence-electron chi connectivity index (χ0n) is 15.1. The van der Waals surface area contributed by atoms with E-state index in [0.717, 1.165) is 11.8 Å². The molecule has 3 N–H and O–H groups in total. The second-order valence-corrected chi connectivity index (χ2v) is 5.96. The van der Waals surface area contributed by atoms with Crippen LogP contribution in [-0.2, 0) is 22.3 Å². The van der Waals surface area contributed by atoms with Crippen LogP contribution in [0.2, 0.25) is 0 Å². The fourth-order valence-electron chi connectivity index (χ4n) is 2.57. The number of carbonyl (C=O) groups is 1. The van der Waals surface area contributed by atoms with Gasteiger partial charge in [0, 0.05) is 19.3 Å². The van der Waals surface area contributed by atoms with E-state index in [1.54, 1.807) is 19.9 Å². The van der Waals surface area contributed by atoms with Gasteiger partial charge in [0.05, 0.1) is 23.6 Å². The van der Waals surface area contributed by atoms with Crippen molar-refractivity contribution in [2.75, 3.05) is 13.7 Å². The van der Waals surface area contributed by atoms with Gasteiger partial charge in [-0.1, -0.05) is 6.07 Å². The molecule has 1 heterocycles. The number of benzene rings is 1. The summed E-state index contributed by atoms with van der Waals surface area (Å²) in [6, 6.07) is 4.72. The second-order valence-electron chi connectivity index (χ2n) is 5.96. The minimum Gasteiger partial charge on any atom is -0.383 e. The molecule has 0 fully saturated rings. The molecule has 0 saturated heterocycles. The average molecular weight is 407 g/mol. The Morgan fingerprint density at radius 3 is 2.52 bits per heavy atom. The lowest BCUT2D eigenvalue weighted by Gasteiger charge is -2.17. The van der Waals surface area contributed by atoms with Gasteiger partial charge in [0.2, 0.25) is 5.91 Å². The van der Waals surface area contributed by atoms with E-state index in [9.17, 15) is 18.0 Å². The largest absolute Gasteiger partial charge is 0.416 e. The molecular weight excluding hydrogens is 385 g/mol. The maximum atomic E-state index is 13.5. The highest BCUT2D eigenvalue weighted by atomic mass is 35.5. The standard InChI is InChI=1S/C17H21F3N4O2.ClH/c1-10-6-11(2)24(23-10)13-5-4-12(14(7-13)17(18,19)20)8-22-16(25)15(21)9-26-3;/h4-7,15H,8-9,21H2,1-3H3,(H,22,25);1H. The third kappa shape index (κ3) is 5.69. The van der Waals surface area contributed by atoms with Crippen LogP contribution >= 0.6 is 12.4 Å². The van der Waals surface area contributed by atoms with E-state index in [4.69, 9.17) is 10.5 Å². The van der Waals surface area contributed by atoms with Crippen molar-refractivity contribution in [3.05, 3.63) is 46.8 Å². The van der Waals surface area contributed by atoms with E-state index in [-0.39, 0.29) is 31.1 Å². The first-order valence-electron chi connectivity index (χ1n) is 7.89. The zero-order valence-corrected chi connectivity index (χ0v) is 15.9. The molecule has 0 radical (unpaired) electrons. The minimum absolute atomic E-state index is 0. The lowest BCUT2D eigenvalue weighted by Crippen LogP contribution is -2.43. The summed E-state index contributed by atoms with van der Waals surface area (Å²) in [6.07, 6.45) is -4.57. The first-order valence-corrected chi connectivity index (χ1v) is 7.89. The number of amides is 1. The van der Waals surface area contributed by atoms with Crippen molar-refractivity contribution in [2.24, 2.45) is 5.73 Å². The molecule has 0 aliphatic heterocycles. The van der Waals surface area contributed by atoms with E-state index in [0.29, 0.717) is 11.4 Å². The number of aromatic nitrogens is 2. The summed E-state index contributed by atoms with van der Waals surface area (Å²) in [5, 5.41) is 6.60. The minimum atomic E-state index is -4.57. The van der Waals surface area contributed by atoms with Gasteiger partial charge in [-0.15, -0.1) is 12.4 Å². The third-order valence-corrected chi connectivity index (χ3v) is 3.79. The number of alkyl halides is 3. The Labute approximate surface area is 161 Å². The average Bonchev–Trinajstić information content (AvgIpc) is 2.90. The molecule has 150 valence electrons. The SMILES string of the molecule is COCC(N)C(=O)NCc1ccc(-n2nc(C)cc2C)cc1C(F)(F)F.Cl. The number of ether oxygens (including phenoxy) is 1. The summed E-state index contributed by atoms with van der Waals surface area (Å²) < 4.78 is 46.6. The Morgan fingerprint density at radius 1 is 1.33 bits per heavy atom. The maximum absolute atomic E-state index is 13.5. The molecule has 0 bridgehead atoms. The van der Waals surface area contributed by atoms with Gasteiger partial charge >= 0.3 is 6.18 Å². The Morgan fingerprint density at radius 2 is 2.00 bits per heavy atom. The van der Waals surface area contributed by atoms with Crippen molar-refractivity contribution in [2.45, 2.75) is 32.6 Å². The van der Waals surface area contributed by atoms with Gasteiger partial charge < -0.3 is 15.8 Å². The number of nitrogens with two attached hydrogens (primary N) is 1. The van der Waals surface area contributed by atoms with Crippen LogP contribution in [0.25, 0.3) is 5.69 Å². The first-order chi connectivity index (χ1) is 12.1. The molecule has 27 heavy (non-hydrogen) atoms. The Kier molecular flexibility index (Phi) is 7.82. The summed E-state index contributed by atoms with van der Waals surface area (Å²) in [5.74, 6) is -0.581. The predicted octanol–water partition coefficient (Wildman–Crippen LogP) is 2.52. The van der Waals surface area contributed by atoms with Crippen molar-refractivity contribution in [1.82, 2.24) is 15.1 Å². The number of hydrogen-bond donors (Lipinski definition) is 2. The summed E-state index contributed by atoms with van der Waals surface area (Å²) in [7, 11) is 1.38. The van der Waals surface area contributed by atoms with E-state index >= 15 is 0 Å². The van der Waals surface area contributed by atoms with Crippen LogP contribution in [0.3, 0.4) is 0 Å². The molecule has 2 aromatic rings. The smallest absolute Gasteiger partial charge is 0.383 e. The van der Waals surface area contributed by atoms with Crippen molar-refractivity contribution in [3.8, 4) is 5.69 Å². The first kappa shape index (κ1) is 22.9. The van der Waals surface area contributed by atoms with Crippen molar-refractivity contribution in [3.63, 3.8) is 0 Å². The van der Waals surface area contributed by atoms with Gasteiger partial charge in [-0.05, 0) is 37.6 Å². The topological polar surface area (TPSA) is 82.2 Å². The number of carbonyl (C=O) groups excluding carboxylic acids is 1. The maximum Gasteiger partial charge on any atom is 0.416 e. The number of nitrogens with one attached hydrogen (secondary N) is 1. The molecule has 1 atom stereocenters.